The summed E-state index contributed by atoms with van der Waals surface area (Å²) in [6.45, 7) is 10.3. The van der Waals surface area contributed by atoms with Gasteiger partial charge in [-0.15, -0.1) is 0 Å². The maximum absolute atomic E-state index is 6.74. The first-order valence-corrected chi connectivity index (χ1v) is 14.8. The molecule has 0 amide bonds. The third-order valence-electron chi connectivity index (χ3n) is 9.11. The number of likely N-dealkylation sites (tertiary alicyclic amines) is 2. The van der Waals surface area contributed by atoms with Crippen LogP contribution in [0, 0.1) is 18.8 Å². The van der Waals surface area contributed by atoms with Crippen LogP contribution >= 0.6 is 11.6 Å². The predicted molar refractivity (Wildman–Crippen MR) is 150 cm³/mol. The fourth-order valence-corrected chi connectivity index (χ4v) is 7.19. The molecular formula is C32H45ClN2O. The predicted octanol–water partition coefficient (Wildman–Crippen LogP) is 7.49. The van der Waals surface area contributed by atoms with Crippen LogP contribution in [0.2, 0.25) is 5.02 Å². The van der Waals surface area contributed by atoms with E-state index in [4.69, 9.17) is 16.3 Å². The van der Waals surface area contributed by atoms with E-state index in [0.717, 1.165) is 30.0 Å². The van der Waals surface area contributed by atoms with Crippen LogP contribution < -0.4 is 0 Å². The highest BCUT2D eigenvalue weighted by Gasteiger charge is 2.37. The van der Waals surface area contributed by atoms with E-state index in [1.807, 2.05) is 6.07 Å². The van der Waals surface area contributed by atoms with Gasteiger partial charge in [0.25, 0.3) is 0 Å². The minimum absolute atomic E-state index is 0.118. The van der Waals surface area contributed by atoms with E-state index in [2.05, 4.69) is 59.2 Å². The Morgan fingerprint density at radius 2 is 1.61 bits per heavy atom. The molecule has 0 N–H and O–H groups in total. The number of ether oxygens (including phenoxy) is 1. The van der Waals surface area contributed by atoms with Gasteiger partial charge in [-0.2, -0.15) is 0 Å². The van der Waals surface area contributed by atoms with Crippen LogP contribution in [0.3, 0.4) is 0 Å². The Morgan fingerprint density at radius 3 is 2.36 bits per heavy atom. The van der Waals surface area contributed by atoms with E-state index in [9.17, 15) is 0 Å². The summed E-state index contributed by atoms with van der Waals surface area (Å²) < 4.78 is 6.74. The first-order chi connectivity index (χ1) is 17.6. The maximum atomic E-state index is 6.74. The van der Waals surface area contributed by atoms with Crippen molar-refractivity contribution in [3.63, 3.8) is 0 Å². The lowest BCUT2D eigenvalue weighted by Crippen LogP contribution is -2.42. The van der Waals surface area contributed by atoms with Gasteiger partial charge >= 0.3 is 0 Å². The summed E-state index contributed by atoms with van der Waals surface area (Å²) in [4.78, 5) is 5.40. The Morgan fingerprint density at radius 1 is 0.889 bits per heavy atom. The van der Waals surface area contributed by atoms with Crippen LogP contribution in [0.5, 0.6) is 0 Å². The van der Waals surface area contributed by atoms with Gasteiger partial charge in [0, 0.05) is 24.7 Å². The van der Waals surface area contributed by atoms with E-state index in [-0.39, 0.29) is 5.60 Å². The number of hydrogen-bond donors (Lipinski definition) is 0. The Labute approximate surface area is 224 Å². The van der Waals surface area contributed by atoms with Gasteiger partial charge in [-0.3, -0.25) is 4.90 Å². The topological polar surface area (TPSA) is 15.7 Å². The largest absolute Gasteiger partial charge is 0.370 e. The van der Waals surface area contributed by atoms with Crippen LogP contribution in [-0.2, 0) is 17.9 Å². The van der Waals surface area contributed by atoms with Crippen molar-refractivity contribution in [1.82, 2.24) is 9.80 Å². The van der Waals surface area contributed by atoms with Crippen molar-refractivity contribution >= 4 is 11.6 Å². The minimum atomic E-state index is 0.118. The molecular weight excluding hydrogens is 464 g/mol. The Kier molecular flexibility index (Phi) is 9.06. The normalized spacial score (nSPS) is 23.8. The van der Waals surface area contributed by atoms with Crippen molar-refractivity contribution in [2.75, 3.05) is 32.7 Å². The number of rotatable bonds is 9. The van der Waals surface area contributed by atoms with Crippen LogP contribution in [-0.4, -0.2) is 48.1 Å². The Hall–Kier alpha value is -1.39. The first kappa shape index (κ1) is 26.2. The van der Waals surface area contributed by atoms with Gasteiger partial charge in [-0.05, 0) is 106 Å². The second-order valence-electron chi connectivity index (χ2n) is 11.9. The molecule has 3 aliphatic rings. The smallest absolute Gasteiger partial charge is 0.0724 e. The van der Waals surface area contributed by atoms with E-state index < -0.39 is 0 Å². The van der Waals surface area contributed by atoms with Crippen molar-refractivity contribution in [1.29, 1.82) is 0 Å². The fourth-order valence-electron chi connectivity index (χ4n) is 6.96. The zero-order chi connectivity index (χ0) is 24.8. The third kappa shape index (κ3) is 7.13. The summed E-state index contributed by atoms with van der Waals surface area (Å²) in [5.41, 5.74) is 4.17. The van der Waals surface area contributed by atoms with Crippen LogP contribution in [0.15, 0.2) is 48.5 Å². The van der Waals surface area contributed by atoms with Gasteiger partial charge in [0.1, 0.15) is 0 Å². The van der Waals surface area contributed by atoms with Crippen molar-refractivity contribution in [2.24, 2.45) is 11.8 Å². The molecule has 36 heavy (non-hydrogen) atoms. The molecule has 0 bridgehead atoms. The fraction of sp³-hybridized carbons (Fsp3) is 0.625. The van der Waals surface area contributed by atoms with Crippen LogP contribution in [0.4, 0.5) is 0 Å². The molecule has 2 aromatic carbocycles. The molecule has 1 saturated carbocycles. The maximum Gasteiger partial charge on any atom is 0.0724 e. The Bertz CT molecular complexity index is 950. The second kappa shape index (κ2) is 12.4. The number of hydrogen-bond acceptors (Lipinski definition) is 3. The number of halogens is 1. The van der Waals surface area contributed by atoms with Gasteiger partial charge in [0.15, 0.2) is 0 Å². The molecule has 0 unspecified atom stereocenters. The number of nitrogens with zero attached hydrogens (tertiary/aromatic N) is 2. The van der Waals surface area contributed by atoms with Crippen molar-refractivity contribution in [3.05, 3.63) is 70.2 Å². The molecule has 5 rings (SSSR count). The highest BCUT2D eigenvalue weighted by molar-refractivity contribution is 6.30. The molecule has 2 heterocycles. The summed E-state index contributed by atoms with van der Waals surface area (Å²) >= 11 is 6.15. The summed E-state index contributed by atoms with van der Waals surface area (Å²) in [6.07, 6.45) is 11.9. The molecule has 3 nitrogen and oxygen atoms in total. The van der Waals surface area contributed by atoms with Crippen LogP contribution in [0.25, 0.3) is 0 Å². The minimum Gasteiger partial charge on any atom is -0.370 e. The molecule has 0 spiro atoms. The number of benzene rings is 2. The summed E-state index contributed by atoms with van der Waals surface area (Å²) in [6, 6.07) is 17.1. The molecule has 0 radical (unpaired) electrons. The molecule has 4 heteroatoms. The van der Waals surface area contributed by atoms with Gasteiger partial charge < -0.3 is 9.64 Å². The molecule has 1 atom stereocenters. The lowest BCUT2D eigenvalue weighted by atomic mass is 9.76. The van der Waals surface area contributed by atoms with Crippen molar-refractivity contribution in [3.8, 4) is 0 Å². The molecule has 2 saturated heterocycles. The van der Waals surface area contributed by atoms with Crippen LogP contribution in [0.1, 0.15) is 74.5 Å². The summed E-state index contributed by atoms with van der Waals surface area (Å²) in [5, 5.41) is 0.844. The summed E-state index contributed by atoms with van der Waals surface area (Å²) in [5.74, 6) is 1.64. The quantitative estimate of drug-likeness (QED) is 0.349. The lowest BCUT2D eigenvalue weighted by molar-refractivity contribution is -0.0983. The second-order valence-corrected chi connectivity index (χ2v) is 12.4. The molecule has 1 aliphatic carbocycles. The van der Waals surface area contributed by atoms with Gasteiger partial charge in [-0.1, -0.05) is 67.3 Å². The average molecular weight is 509 g/mol. The van der Waals surface area contributed by atoms with Gasteiger partial charge in [-0.25, -0.2) is 0 Å². The van der Waals surface area contributed by atoms with Gasteiger partial charge in [0.2, 0.25) is 0 Å². The molecule has 196 valence electrons. The monoisotopic (exact) mass is 508 g/mol. The number of aryl methyl sites for hydroxylation is 1. The molecule has 2 aromatic rings. The zero-order valence-electron chi connectivity index (χ0n) is 22.3. The molecule has 3 fully saturated rings. The number of piperidine rings is 1. The standard InChI is InChI=1S/C32H45ClN2O/c1-26-20-31(33)11-10-30(26)24-35-19-14-29(23-35)22-34-17-12-27(13-18-34)21-32(15-6-3-7-16-32)36-25-28-8-4-2-5-9-28/h2,4-5,8-11,20,27,29H,3,6-7,12-19,21-25H2,1H3/t29-/m0/s1. The van der Waals surface area contributed by atoms with E-state index in [1.165, 1.54) is 107 Å². The highest BCUT2D eigenvalue weighted by Crippen LogP contribution is 2.40. The third-order valence-corrected chi connectivity index (χ3v) is 9.34. The average Bonchev–Trinajstić information content (AvgIpc) is 3.34. The van der Waals surface area contributed by atoms with E-state index >= 15 is 0 Å². The highest BCUT2D eigenvalue weighted by atomic mass is 35.5. The first-order valence-electron chi connectivity index (χ1n) is 14.4. The summed E-state index contributed by atoms with van der Waals surface area (Å²) in [7, 11) is 0. The van der Waals surface area contributed by atoms with E-state index in [1.54, 1.807) is 0 Å². The van der Waals surface area contributed by atoms with Crippen molar-refractivity contribution in [2.45, 2.75) is 83.5 Å². The zero-order valence-corrected chi connectivity index (χ0v) is 23.0. The SMILES string of the molecule is Cc1cc(Cl)ccc1CN1CC[C@@H](CN2CCC(CC3(OCc4ccccc4)CCCCC3)CC2)C1. The Balaban J connectivity index is 1.06. The van der Waals surface area contributed by atoms with E-state index in [0.29, 0.717) is 0 Å². The molecule has 0 aromatic heterocycles. The van der Waals surface area contributed by atoms with Gasteiger partial charge in [0.05, 0.1) is 12.2 Å². The lowest BCUT2D eigenvalue weighted by Gasteiger charge is -2.42. The van der Waals surface area contributed by atoms with Crippen molar-refractivity contribution < 1.29 is 4.74 Å². The molecule has 2 aliphatic heterocycles.